The van der Waals surface area contributed by atoms with E-state index in [9.17, 15) is 4.79 Å². The van der Waals surface area contributed by atoms with Crippen molar-refractivity contribution in [3.05, 3.63) is 65.7 Å². The summed E-state index contributed by atoms with van der Waals surface area (Å²) in [6, 6.07) is 18.0. The highest BCUT2D eigenvalue weighted by atomic mass is 16.5. The lowest BCUT2D eigenvalue weighted by Crippen LogP contribution is -2.36. The third-order valence-electron chi connectivity index (χ3n) is 3.70. The number of anilines is 1. The number of hydrogen-bond donors (Lipinski definition) is 0. The van der Waals surface area contributed by atoms with Crippen molar-refractivity contribution >= 4 is 11.6 Å². The monoisotopic (exact) mass is 267 g/mol. The second-order valence-corrected chi connectivity index (χ2v) is 4.95. The number of rotatable bonds is 3. The number of benzene rings is 2. The van der Waals surface area contributed by atoms with Crippen molar-refractivity contribution < 1.29 is 9.53 Å². The van der Waals surface area contributed by atoms with Gasteiger partial charge in [0.15, 0.2) is 0 Å². The molecule has 0 radical (unpaired) electrons. The second kappa shape index (κ2) is 5.47. The highest BCUT2D eigenvalue weighted by molar-refractivity contribution is 5.96. The van der Waals surface area contributed by atoms with E-state index in [1.54, 1.807) is 7.11 Å². The lowest BCUT2D eigenvalue weighted by molar-refractivity contribution is -0.122. The SMILES string of the molecule is COC1CC(=O)N(Cc2ccccc2)c2ccccc21. The first-order valence-electron chi connectivity index (χ1n) is 6.75. The van der Waals surface area contributed by atoms with Gasteiger partial charge in [-0.05, 0) is 11.6 Å². The van der Waals surface area contributed by atoms with E-state index >= 15 is 0 Å². The van der Waals surface area contributed by atoms with E-state index in [0.29, 0.717) is 13.0 Å². The first-order valence-corrected chi connectivity index (χ1v) is 6.75. The maximum absolute atomic E-state index is 12.4. The molecule has 3 heteroatoms. The van der Waals surface area contributed by atoms with Gasteiger partial charge in [0.1, 0.15) is 0 Å². The number of hydrogen-bond acceptors (Lipinski definition) is 2. The first kappa shape index (κ1) is 12.9. The summed E-state index contributed by atoms with van der Waals surface area (Å²) in [6.07, 6.45) is 0.270. The smallest absolute Gasteiger partial charge is 0.230 e. The predicted molar refractivity (Wildman–Crippen MR) is 78.4 cm³/mol. The summed E-state index contributed by atoms with van der Waals surface area (Å²) >= 11 is 0. The summed E-state index contributed by atoms with van der Waals surface area (Å²) in [5.74, 6) is 0.111. The number of fused-ring (bicyclic) bond motifs is 1. The number of carbonyl (C=O) groups is 1. The van der Waals surface area contributed by atoms with Gasteiger partial charge in [-0.1, -0.05) is 48.5 Å². The molecule has 2 aromatic carbocycles. The van der Waals surface area contributed by atoms with E-state index in [4.69, 9.17) is 4.74 Å². The van der Waals surface area contributed by atoms with Gasteiger partial charge in [0, 0.05) is 18.4 Å². The van der Waals surface area contributed by atoms with Gasteiger partial charge in [0.05, 0.1) is 19.1 Å². The fourth-order valence-electron chi connectivity index (χ4n) is 2.67. The van der Waals surface area contributed by atoms with Crippen LogP contribution in [0.1, 0.15) is 23.7 Å². The molecule has 1 heterocycles. The molecule has 2 aromatic rings. The Labute approximate surface area is 118 Å². The van der Waals surface area contributed by atoms with Crippen LogP contribution in [0.2, 0.25) is 0 Å². The maximum atomic E-state index is 12.4. The van der Waals surface area contributed by atoms with Crippen LogP contribution in [-0.4, -0.2) is 13.0 Å². The minimum Gasteiger partial charge on any atom is -0.376 e. The van der Waals surface area contributed by atoms with Crippen LogP contribution < -0.4 is 4.90 Å². The van der Waals surface area contributed by atoms with Crippen LogP contribution in [0.25, 0.3) is 0 Å². The van der Waals surface area contributed by atoms with Crippen molar-refractivity contribution in [2.45, 2.75) is 19.1 Å². The zero-order valence-electron chi connectivity index (χ0n) is 11.5. The van der Waals surface area contributed by atoms with Crippen LogP contribution in [0.4, 0.5) is 5.69 Å². The summed E-state index contributed by atoms with van der Waals surface area (Å²) in [5.41, 5.74) is 3.18. The summed E-state index contributed by atoms with van der Waals surface area (Å²) in [6.45, 7) is 0.604. The van der Waals surface area contributed by atoms with Crippen LogP contribution in [0.5, 0.6) is 0 Å². The summed E-state index contributed by atoms with van der Waals surface area (Å²) in [5, 5.41) is 0. The second-order valence-electron chi connectivity index (χ2n) is 4.95. The number of methoxy groups -OCH3 is 1. The van der Waals surface area contributed by atoms with Gasteiger partial charge < -0.3 is 9.64 Å². The molecule has 0 aliphatic carbocycles. The van der Waals surface area contributed by atoms with Crippen LogP contribution in [0.15, 0.2) is 54.6 Å². The minimum absolute atomic E-state index is 0.111. The molecule has 0 bridgehead atoms. The van der Waals surface area contributed by atoms with E-state index in [1.807, 2.05) is 59.5 Å². The number of amides is 1. The standard InChI is InChI=1S/C17H17NO2/c1-20-16-11-17(19)18(12-13-7-3-2-4-8-13)15-10-6-5-9-14(15)16/h2-10,16H,11-12H2,1H3. The molecule has 3 rings (SSSR count). The Balaban J connectivity index is 1.96. The average Bonchev–Trinajstić information content (AvgIpc) is 2.51. The Morgan fingerprint density at radius 1 is 1.10 bits per heavy atom. The van der Waals surface area contributed by atoms with Crippen LogP contribution >= 0.6 is 0 Å². The molecule has 1 amide bonds. The third kappa shape index (κ3) is 2.32. The topological polar surface area (TPSA) is 29.5 Å². The normalized spacial score (nSPS) is 17.9. The van der Waals surface area contributed by atoms with Crippen molar-refractivity contribution in [1.29, 1.82) is 0 Å². The molecule has 102 valence electrons. The Morgan fingerprint density at radius 3 is 2.55 bits per heavy atom. The highest BCUT2D eigenvalue weighted by Gasteiger charge is 2.30. The largest absolute Gasteiger partial charge is 0.376 e. The molecule has 0 saturated carbocycles. The predicted octanol–water partition coefficient (Wildman–Crippen LogP) is 3.31. The quantitative estimate of drug-likeness (QED) is 0.854. The minimum atomic E-state index is -0.134. The van der Waals surface area contributed by atoms with Gasteiger partial charge in [-0.25, -0.2) is 0 Å². The van der Waals surface area contributed by atoms with Crippen molar-refractivity contribution in [3.8, 4) is 0 Å². The molecule has 0 fully saturated rings. The lowest BCUT2D eigenvalue weighted by Gasteiger charge is -2.33. The fraction of sp³-hybridized carbons (Fsp3) is 0.235. The maximum Gasteiger partial charge on any atom is 0.230 e. The van der Waals surface area contributed by atoms with Gasteiger partial charge in [0.2, 0.25) is 5.91 Å². The summed E-state index contributed by atoms with van der Waals surface area (Å²) in [7, 11) is 1.65. The van der Waals surface area contributed by atoms with E-state index < -0.39 is 0 Å². The van der Waals surface area contributed by atoms with Gasteiger partial charge >= 0.3 is 0 Å². The molecule has 20 heavy (non-hydrogen) atoms. The first-order chi connectivity index (χ1) is 9.79. The molecule has 0 spiro atoms. The Hall–Kier alpha value is -2.13. The molecule has 1 aliphatic heterocycles. The van der Waals surface area contributed by atoms with Crippen molar-refractivity contribution in [1.82, 2.24) is 0 Å². The fourth-order valence-corrected chi connectivity index (χ4v) is 2.67. The Kier molecular flexibility index (Phi) is 3.52. The molecule has 0 saturated heterocycles. The van der Waals surface area contributed by atoms with Gasteiger partial charge in [-0.3, -0.25) is 4.79 Å². The Bertz CT molecular complexity index is 609. The Morgan fingerprint density at radius 2 is 1.80 bits per heavy atom. The lowest BCUT2D eigenvalue weighted by atomic mass is 9.97. The zero-order chi connectivity index (χ0) is 13.9. The number of nitrogens with zero attached hydrogens (tertiary/aromatic N) is 1. The third-order valence-corrected chi connectivity index (χ3v) is 3.70. The van der Waals surface area contributed by atoms with Crippen LogP contribution in [0, 0.1) is 0 Å². The number of carbonyl (C=O) groups excluding carboxylic acids is 1. The van der Waals surface area contributed by atoms with Gasteiger partial charge in [-0.15, -0.1) is 0 Å². The molecule has 3 nitrogen and oxygen atoms in total. The van der Waals surface area contributed by atoms with Gasteiger partial charge in [-0.2, -0.15) is 0 Å². The average molecular weight is 267 g/mol. The van der Waals surface area contributed by atoms with E-state index in [1.165, 1.54) is 0 Å². The van der Waals surface area contributed by atoms with Crippen molar-refractivity contribution in [3.63, 3.8) is 0 Å². The van der Waals surface area contributed by atoms with E-state index in [2.05, 4.69) is 0 Å². The number of para-hydroxylation sites is 1. The summed E-state index contributed by atoms with van der Waals surface area (Å²) < 4.78 is 5.44. The van der Waals surface area contributed by atoms with Crippen molar-refractivity contribution in [2.75, 3.05) is 12.0 Å². The summed E-state index contributed by atoms with van der Waals surface area (Å²) in [4.78, 5) is 14.2. The molecule has 1 unspecified atom stereocenters. The van der Waals surface area contributed by atoms with Crippen LogP contribution in [0.3, 0.4) is 0 Å². The van der Waals surface area contributed by atoms with E-state index in [-0.39, 0.29) is 12.0 Å². The van der Waals surface area contributed by atoms with Gasteiger partial charge in [0.25, 0.3) is 0 Å². The van der Waals surface area contributed by atoms with E-state index in [0.717, 1.165) is 16.8 Å². The molecule has 1 atom stereocenters. The highest BCUT2D eigenvalue weighted by Crippen LogP contribution is 2.36. The van der Waals surface area contributed by atoms with Crippen molar-refractivity contribution in [2.24, 2.45) is 0 Å². The molecule has 0 aromatic heterocycles. The zero-order valence-corrected chi connectivity index (χ0v) is 11.5. The molecular formula is C17H17NO2. The molecular weight excluding hydrogens is 250 g/mol. The molecule has 0 N–H and O–H groups in total. The van der Waals surface area contributed by atoms with Crippen LogP contribution in [-0.2, 0) is 16.1 Å². The number of ether oxygens (including phenoxy) is 1. The molecule has 1 aliphatic rings.